The Bertz CT molecular complexity index is 629. The van der Waals surface area contributed by atoms with Gasteiger partial charge in [-0.25, -0.2) is 0 Å². The molecule has 0 heterocycles. The molecule has 0 saturated heterocycles. The molecule has 0 aliphatic rings. The highest BCUT2D eigenvalue weighted by atomic mass is 32.2. The third-order valence-electron chi connectivity index (χ3n) is 4.37. The molecule has 1 amide bonds. The van der Waals surface area contributed by atoms with Gasteiger partial charge >= 0.3 is 0 Å². The Kier molecular flexibility index (Phi) is 14.9. The van der Waals surface area contributed by atoms with Crippen LogP contribution in [0, 0.1) is 0 Å². The summed E-state index contributed by atoms with van der Waals surface area (Å²) in [4.78, 5) is 11.9. The zero-order chi connectivity index (χ0) is 22.2. The van der Waals surface area contributed by atoms with Crippen molar-refractivity contribution >= 4 is 17.7 Å². The van der Waals surface area contributed by atoms with Gasteiger partial charge < -0.3 is 16.2 Å². The number of nitrogens with two attached hydrogens (primary N) is 1. The predicted octanol–water partition coefficient (Wildman–Crippen LogP) is 5.95. The van der Waals surface area contributed by atoms with Crippen LogP contribution in [0.5, 0.6) is 0 Å². The highest BCUT2D eigenvalue weighted by molar-refractivity contribution is 7.99. The molecule has 0 aliphatic carbocycles. The molecule has 0 saturated carbocycles. The topological polar surface area (TPSA) is 75.4 Å². The van der Waals surface area contributed by atoms with E-state index in [1.165, 1.54) is 16.7 Å². The van der Waals surface area contributed by atoms with Crippen molar-refractivity contribution in [3.8, 4) is 0 Å². The number of rotatable bonds is 15. The molecule has 4 N–H and O–H groups in total. The van der Waals surface area contributed by atoms with Crippen molar-refractivity contribution in [2.24, 2.45) is 5.73 Å². The fourth-order valence-corrected chi connectivity index (χ4v) is 3.54. The highest BCUT2D eigenvalue weighted by Gasteiger charge is 2.14. The number of hydrogen-bond donors (Lipinski definition) is 3. The Morgan fingerprint density at radius 3 is 2.14 bits per heavy atom. The Hall–Kier alpha value is -1.88. The number of nitrogens with one attached hydrogen (secondary N) is 1. The lowest BCUT2D eigenvalue weighted by Crippen LogP contribution is -2.38. The van der Waals surface area contributed by atoms with Crippen LogP contribution in [0.25, 0.3) is 0 Å². The maximum absolute atomic E-state index is 11.9. The van der Waals surface area contributed by atoms with Gasteiger partial charge in [-0.05, 0) is 59.8 Å². The quantitative estimate of drug-likeness (QED) is 0.174. The molecule has 0 aliphatic heterocycles. The van der Waals surface area contributed by atoms with E-state index in [0.29, 0.717) is 17.9 Å². The average Bonchev–Trinajstić information content (AvgIpc) is 2.61. The second-order valence-electron chi connectivity index (χ2n) is 7.77. The number of carbonyl (C=O) groups excluding carboxylic acids is 1. The molecule has 164 valence electrons. The van der Waals surface area contributed by atoms with Crippen molar-refractivity contribution in [3.05, 3.63) is 59.6 Å². The maximum atomic E-state index is 11.9. The Morgan fingerprint density at radius 1 is 1.00 bits per heavy atom. The summed E-state index contributed by atoms with van der Waals surface area (Å²) in [5.74, 6) is 1.24. The van der Waals surface area contributed by atoms with Gasteiger partial charge in [0.05, 0.1) is 6.04 Å². The molecule has 0 radical (unpaired) electrons. The first-order valence-electron chi connectivity index (χ1n) is 10.2. The monoisotopic (exact) mass is 420 g/mol. The first kappa shape index (κ1) is 27.1. The molecule has 0 rings (SSSR count). The Morgan fingerprint density at radius 2 is 1.59 bits per heavy atom. The van der Waals surface area contributed by atoms with Crippen LogP contribution in [-0.4, -0.2) is 28.6 Å². The minimum Gasteiger partial charge on any atom is -0.511 e. The Balaban J connectivity index is 4.20. The van der Waals surface area contributed by atoms with Crippen LogP contribution < -0.4 is 11.1 Å². The molecule has 29 heavy (non-hydrogen) atoms. The zero-order valence-electron chi connectivity index (χ0n) is 18.7. The Labute approximate surface area is 182 Å². The summed E-state index contributed by atoms with van der Waals surface area (Å²) in [7, 11) is 0. The number of allylic oxidation sites excluding steroid dienone is 6. The molecule has 4 nitrogen and oxygen atoms in total. The first-order valence-corrected chi connectivity index (χ1v) is 11.4. The van der Waals surface area contributed by atoms with Gasteiger partial charge in [0.2, 0.25) is 5.91 Å². The van der Waals surface area contributed by atoms with Gasteiger partial charge in [-0.1, -0.05) is 48.1 Å². The van der Waals surface area contributed by atoms with Crippen LogP contribution in [0.4, 0.5) is 0 Å². The van der Waals surface area contributed by atoms with Crippen LogP contribution in [0.1, 0.15) is 66.2 Å². The smallest absolute Gasteiger partial charge is 0.221 e. The third kappa shape index (κ3) is 16.8. The van der Waals surface area contributed by atoms with Gasteiger partial charge in [0.1, 0.15) is 5.76 Å². The highest BCUT2D eigenvalue weighted by Crippen LogP contribution is 2.14. The second-order valence-corrected chi connectivity index (χ2v) is 8.84. The molecule has 1 atom stereocenters. The lowest BCUT2D eigenvalue weighted by Gasteiger charge is -2.17. The van der Waals surface area contributed by atoms with Gasteiger partial charge in [0, 0.05) is 23.6 Å². The molecule has 0 bridgehead atoms. The fourth-order valence-electron chi connectivity index (χ4n) is 2.49. The maximum Gasteiger partial charge on any atom is 0.221 e. The van der Waals surface area contributed by atoms with Crippen molar-refractivity contribution in [1.29, 1.82) is 0 Å². The normalized spacial score (nSPS) is 13.0. The van der Waals surface area contributed by atoms with Crippen LogP contribution in [0.15, 0.2) is 59.6 Å². The molecule has 0 fully saturated rings. The van der Waals surface area contributed by atoms with E-state index in [0.717, 1.165) is 31.4 Å². The summed E-state index contributed by atoms with van der Waals surface area (Å²) >= 11 is 1.66. The number of thioether (sulfide) groups is 1. The van der Waals surface area contributed by atoms with E-state index < -0.39 is 6.04 Å². The number of aliphatic hydroxyl groups is 1. The number of carbonyl (C=O) groups is 1. The zero-order valence-corrected chi connectivity index (χ0v) is 19.5. The van der Waals surface area contributed by atoms with Gasteiger partial charge in [-0.3, -0.25) is 4.79 Å². The molecule has 1 unspecified atom stereocenters. The van der Waals surface area contributed by atoms with Crippen LogP contribution in [0.2, 0.25) is 0 Å². The molecule has 0 aromatic heterocycles. The van der Waals surface area contributed by atoms with E-state index in [1.807, 2.05) is 0 Å². The van der Waals surface area contributed by atoms with E-state index in [4.69, 9.17) is 5.73 Å². The molecule has 0 spiro atoms. The van der Waals surface area contributed by atoms with Crippen molar-refractivity contribution in [2.75, 3.05) is 11.5 Å². The summed E-state index contributed by atoms with van der Waals surface area (Å²) in [5, 5.41) is 12.5. The minimum absolute atomic E-state index is 0.0214. The number of amides is 1. The average molecular weight is 421 g/mol. The summed E-state index contributed by atoms with van der Waals surface area (Å²) in [6.45, 7) is 15.8. The molecule has 5 heteroatoms. The van der Waals surface area contributed by atoms with E-state index >= 15 is 0 Å². The van der Waals surface area contributed by atoms with Gasteiger partial charge in [-0.15, -0.1) is 0 Å². The van der Waals surface area contributed by atoms with E-state index in [9.17, 15) is 9.90 Å². The summed E-state index contributed by atoms with van der Waals surface area (Å²) in [5.41, 5.74) is 10.1. The van der Waals surface area contributed by atoms with Crippen LogP contribution in [-0.2, 0) is 4.79 Å². The van der Waals surface area contributed by atoms with Crippen molar-refractivity contribution in [2.45, 2.75) is 72.3 Å². The van der Waals surface area contributed by atoms with Gasteiger partial charge in [0.25, 0.3) is 0 Å². The van der Waals surface area contributed by atoms with Crippen molar-refractivity contribution in [1.82, 2.24) is 5.32 Å². The van der Waals surface area contributed by atoms with E-state index in [2.05, 4.69) is 64.4 Å². The van der Waals surface area contributed by atoms with E-state index in [1.54, 1.807) is 11.8 Å². The van der Waals surface area contributed by atoms with Gasteiger partial charge in [-0.2, -0.15) is 11.8 Å². The summed E-state index contributed by atoms with van der Waals surface area (Å²) < 4.78 is 0. The van der Waals surface area contributed by atoms with Crippen LogP contribution >= 0.6 is 11.8 Å². The lowest BCUT2D eigenvalue weighted by molar-refractivity contribution is -0.121. The molecule has 0 aromatic rings. The molecule has 0 aromatic carbocycles. The third-order valence-corrected chi connectivity index (χ3v) is 5.34. The number of aliphatic hydroxyl groups excluding tert-OH is 1. The molecular formula is C24H40N2O2S. The SMILES string of the molecule is C=C(N)CCC(=O)NC(CSC/C=C(\C)CC/C=C(\C)CCC=C(C)C)C(=C)O. The van der Waals surface area contributed by atoms with Gasteiger partial charge in [0.15, 0.2) is 0 Å². The molecular weight excluding hydrogens is 380 g/mol. The van der Waals surface area contributed by atoms with Crippen LogP contribution in [0.3, 0.4) is 0 Å². The summed E-state index contributed by atoms with van der Waals surface area (Å²) in [6, 6.07) is -0.446. The first-order chi connectivity index (χ1) is 13.6. The van der Waals surface area contributed by atoms with Crippen molar-refractivity contribution < 1.29 is 9.90 Å². The largest absolute Gasteiger partial charge is 0.511 e. The number of hydrogen-bond acceptors (Lipinski definition) is 4. The fraction of sp³-hybridized carbons (Fsp3) is 0.542. The summed E-state index contributed by atoms with van der Waals surface area (Å²) in [6.07, 6.45) is 11.9. The second kappa shape index (κ2) is 16.0. The predicted molar refractivity (Wildman–Crippen MR) is 129 cm³/mol. The van der Waals surface area contributed by atoms with E-state index in [-0.39, 0.29) is 18.1 Å². The standard InChI is InChI=1S/C24H40N2O2S/c1-18(2)9-7-10-19(3)11-8-12-20(4)15-16-29-17-23(22(6)27)26-24(28)14-13-21(5)25/h9,11,15,23,27H,5-8,10,12-14,16-17,25H2,1-4H3,(H,26,28)/b19-11+,20-15+. The lowest BCUT2D eigenvalue weighted by atomic mass is 10.1. The van der Waals surface area contributed by atoms with Crippen molar-refractivity contribution in [3.63, 3.8) is 0 Å². The minimum atomic E-state index is -0.446.